The van der Waals surface area contributed by atoms with E-state index in [0.717, 1.165) is 4.90 Å². The van der Waals surface area contributed by atoms with Crippen molar-refractivity contribution in [3.05, 3.63) is 23.7 Å². The van der Waals surface area contributed by atoms with Crippen LogP contribution in [-0.4, -0.2) is 54.0 Å². The van der Waals surface area contributed by atoms with Gasteiger partial charge in [0.2, 0.25) is 5.91 Å². The Morgan fingerprint density at radius 1 is 1.42 bits per heavy atom. The van der Waals surface area contributed by atoms with Crippen LogP contribution < -0.4 is 0 Å². The van der Waals surface area contributed by atoms with Gasteiger partial charge in [0.05, 0.1) is 17.7 Å². The molecule has 0 unspecified atom stereocenters. The number of amides is 2. The third-order valence-electron chi connectivity index (χ3n) is 4.21. The Bertz CT molecular complexity index is 598. The monoisotopic (exact) mass is 346 g/mol. The Labute approximate surface area is 138 Å². The van der Waals surface area contributed by atoms with Gasteiger partial charge in [-0.2, -0.15) is 13.2 Å². The summed E-state index contributed by atoms with van der Waals surface area (Å²) in [6.45, 7) is 2.54. The van der Waals surface area contributed by atoms with E-state index in [9.17, 15) is 22.8 Å². The van der Waals surface area contributed by atoms with Crippen molar-refractivity contribution < 1.29 is 27.2 Å². The molecule has 1 saturated heterocycles. The molecule has 1 aromatic heterocycles. The topological polar surface area (TPSA) is 53.8 Å². The van der Waals surface area contributed by atoms with Crippen molar-refractivity contribution in [1.29, 1.82) is 0 Å². The summed E-state index contributed by atoms with van der Waals surface area (Å²) in [5.74, 6) is -0.910. The van der Waals surface area contributed by atoms with Crippen LogP contribution >= 0.6 is 0 Å². The van der Waals surface area contributed by atoms with E-state index >= 15 is 0 Å². The second-order valence-electron chi connectivity index (χ2n) is 5.95. The molecule has 0 aromatic carbocycles. The van der Waals surface area contributed by atoms with E-state index in [0.29, 0.717) is 30.7 Å². The van der Waals surface area contributed by atoms with Crippen molar-refractivity contribution in [3.8, 4) is 0 Å². The molecule has 0 aliphatic carbocycles. The third kappa shape index (κ3) is 4.30. The van der Waals surface area contributed by atoms with Crippen molar-refractivity contribution in [2.24, 2.45) is 5.92 Å². The van der Waals surface area contributed by atoms with Crippen LogP contribution in [-0.2, 0) is 4.79 Å². The SMILES string of the molecule is CCN(CC(F)(F)F)C(=O)[C@H]1CCCN(C(=O)c2ccoc2C)C1. The summed E-state index contributed by atoms with van der Waals surface area (Å²) in [4.78, 5) is 27.2. The highest BCUT2D eigenvalue weighted by atomic mass is 19.4. The quantitative estimate of drug-likeness (QED) is 0.842. The van der Waals surface area contributed by atoms with E-state index < -0.39 is 24.5 Å². The normalized spacial score (nSPS) is 18.5. The lowest BCUT2D eigenvalue weighted by Gasteiger charge is -2.35. The molecule has 5 nitrogen and oxygen atoms in total. The molecule has 1 aliphatic rings. The Morgan fingerprint density at radius 2 is 2.12 bits per heavy atom. The van der Waals surface area contributed by atoms with Gasteiger partial charge in [0.15, 0.2) is 0 Å². The molecule has 0 radical (unpaired) electrons. The zero-order valence-corrected chi connectivity index (χ0v) is 13.7. The van der Waals surface area contributed by atoms with Gasteiger partial charge in [0.1, 0.15) is 12.3 Å². The maximum absolute atomic E-state index is 12.6. The molecular formula is C16H21F3N2O3. The number of aryl methyl sites for hydroxylation is 1. The minimum atomic E-state index is -4.43. The predicted molar refractivity (Wildman–Crippen MR) is 80.4 cm³/mol. The Hall–Kier alpha value is -1.99. The van der Waals surface area contributed by atoms with Gasteiger partial charge in [-0.25, -0.2) is 0 Å². The number of carbonyl (C=O) groups is 2. The second kappa shape index (κ2) is 7.27. The number of hydrogen-bond donors (Lipinski definition) is 0. The molecule has 1 aromatic rings. The maximum atomic E-state index is 12.6. The van der Waals surface area contributed by atoms with E-state index in [1.54, 1.807) is 13.0 Å². The molecule has 2 rings (SSSR count). The van der Waals surface area contributed by atoms with E-state index in [1.165, 1.54) is 18.1 Å². The van der Waals surface area contributed by atoms with Crippen LogP contribution in [0.1, 0.15) is 35.9 Å². The molecule has 0 bridgehead atoms. The fourth-order valence-electron chi connectivity index (χ4n) is 2.96. The minimum absolute atomic E-state index is 0.0103. The van der Waals surface area contributed by atoms with E-state index in [4.69, 9.17) is 4.42 Å². The molecule has 0 N–H and O–H groups in total. The van der Waals surface area contributed by atoms with Crippen LogP contribution in [0.25, 0.3) is 0 Å². The fourth-order valence-corrected chi connectivity index (χ4v) is 2.96. The average molecular weight is 346 g/mol. The standard InChI is InChI=1S/C16H21F3N2O3/c1-3-20(10-16(17,18)19)14(22)12-5-4-7-21(9-12)15(23)13-6-8-24-11(13)2/h6,8,12H,3-5,7,9-10H2,1-2H3/t12-/m0/s1. The number of hydrogen-bond acceptors (Lipinski definition) is 3. The predicted octanol–water partition coefficient (Wildman–Crippen LogP) is 2.85. The van der Waals surface area contributed by atoms with E-state index in [1.807, 2.05) is 0 Å². The number of carbonyl (C=O) groups excluding carboxylic acids is 2. The summed E-state index contributed by atoms with van der Waals surface area (Å²) in [6, 6.07) is 1.56. The van der Waals surface area contributed by atoms with Gasteiger partial charge in [0.25, 0.3) is 5.91 Å². The number of likely N-dealkylation sites (tertiary alicyclic amines) is 1. The molecule has 0 spiro atoms. The molecule has 134 valence electrons. The number of halogens is 3. The van der Waals surface area contributed by atoms with Crippen molar-refractivity contribution in [2.75, 3.05) is 26.2 Å². The average Bonchev–Trinajstić information content (AvgIpc) is 2.96. The summed E-state index contributed by atoms with van der Waals surface area (Å²) in [7, 11) is 0. The largest absolute Gasteiger partial charge is 0.469 e. The number of rotatable bonds is 4. The lowest BCUT2D eigenvalue weighted by Crippen LogP contribution is -2.48. The van der Waals surface area contributed by atoms with Gasteiger partial charge in [-0.15, -0.1) is 0 Å². The Balaban J connectivity index is 2.05. The molecular weight excluding hydrogens is 325 g/mol. The van der Waals surface area contributed by atoms with Crippen molar-refractivity contribution in [3.63, 3.8) is 0 Å². The maximum Gasteiger partial charge on any atom is 0.406 e. The summed E-state index contributed by atoms with van der Waals surface area (Å²) in [6.07, 6.45) is -1.94. The first-order valence-corrected chi connectivity index (χ1v) is 7.91. The summed E-state index contributed by atoms with van der Waals surface area (Å²) in [5.41, 5.74) is 0.422. The van der Waals surface area contributed by atoms with E-state index in [-0.39, 0.29) is 19.0 Å². The Kier molecular flexibility index (Phi) is 5.56. The molecule has 1 aliphatic heterocycles. The smallest absolute Gasteiger partial charge is 0.406 e. The lowest BCUT2D eigenvalue weighted by molar-refractivity contribution is -0.164. The third-order valence-corrected chi connectivity index (χ3v) is 4.21. The lowest BCUT2D eigenvalue weighted by atomic mass is 9.95. The molecule has 8 heteroatoms. The minimum Gasteiger partial charge on any atom is -0.469 e. The highest BCUT2D eigenvalue weighted by Gasteiger charge is 2.37. The van der Waals surface area contributed by atoms with Crippen molar-refractivity contribution in [2.45, 2.75) is 32.9 Å². The van der Waals surface area contributed by atoms with Gasteiger partial charge >= 0.3 is 6.18 Å². The van der Waals surface area contributed by atoms with Gasteiger partial charge < -0.3 is 14.2 Å². The molecule has 2 amide bonds. The zero-order chi connectivity index (χ0) is 17.9. The highest BCUT2D eigenvalue weighted by molar-refractivity contribution is 5.95. The van der Waals surface area contributed by atoms with Gasteiger partial charge in [-0.1, -0.05) is 0 Å². The number of furan rings is 1. The number of piperidine rings is 1. The van der Waals surface area contributed by atoms with Crippen molar-refractivity contribution in [1.82, 2.24) is 9.80 Å². The number of alkyl halides is 3. The summed E-state index contributed by atoms with van der Waals surface area (Å²) >= 11 is 0. The molecule has 2 heterocycles. The molecule has 1 fully saturated rings. The molecule has 24 heavy (non-hydrogen) atoms. The first-order valence-electron chi connectivity index (χ1n) is 7.91. The highest BCUT2D eigenvalue weighted by Crippen LogP contribution is 2.24. The van der Waals surface area contributed by atoms with Gasteiger partial charge in [-0.3, -0.25) is 9.59 Å². The van der Waals surface area contributed by atoms with Gasteiger partial charge in [0, 0.05) is 19.6 Å². The summed E-state index contributed by atoms with van der Waals surface area (Å²) in [5, 5.41) is 0. The fraction of sp³-hybridized carbons (Fsp3) is 0.625. The van der Waals surface area contributed by atoms with Crippen LogP contribution in [0, 0.1) is 12.8 Å². The Morgan fingerprint density at radius 3 is 2.67 bits per heavy atom. The summed E-state index contributed by atoms with van der Waals surface area (Å²) < 4.78 is 42.9. The molecule has 0 saturated carbocycles. The number of nitrogens with zero attached hydrogens (tertiary/aromatic N) is 2. The first-order chi connectivity index (χ1) is 11.2. The zero-order valence-electron chi connectivity index (χ0n) is 13.7. The van der Waals surface area contributed by atoms with Crippen LogP contribution in [0.2, 0.25) is 0 Å². The molecule has 1 atom stereocenters. The van der Waals surface area contributed by atoms with Crippen LogP contribution in [0.3, 0.4) is 0 Å². The second-order valence-corrected chi connectivity index (χ2v) is 5.95. The van der Waals surface area contributed by atoms with Gasteiger partial charge in [-0.05, 0) is 32.8 Å². The van der Waals surface area contributed by atoms with Crippen LogP contribution in [0.15, 0.2) is 16.7 Å². The first kappa shape index (κ1) is 18.4. The van der Waals surface area contributed by atoms with Crippen LogP contribution in [0.5, 0.6) is 0 Å². The van der Waals surface area contributed by atoms with Crippen LogP contribution in [0.4, 0.5) is 13.2 Å². The van der Waals surface area contributed by atoms with Crippen molar-refractivity contribution >= 4 is 11.8 Å². The van der Waals surface area contributed by atoms with E-state index in [2.05, 4.69) is 0 Å².